The van der Waals surface area contributed by atoms with Crippen LogP contribution in [0.4, 0.5) is 0 Å². The van der Waals surface area contributed by atoms with E-state index in [-0.39, 0.29) is 18.5 Å². The van der Waals surface area contributed by atoms with Crippen molar-refractivity contribution in [3.63, 3.8) is 0 Å². The minimum absolute atomic E-state index is 0.0290. The summed E-state index contributed by atoms with van der Waals surface area (Å²) in [6, 6.07) is 9.62. The average Bonchev–Trinajstić information content (AvgIpc) is 2.50. The van der Waals surface area contributed by atoms with Crippen LogP contribution >= 0.6 is 0 Å². The molecule has 0 heterocycles. The lowest BCUT2D eigenvalue weighted by atomic mass is 10.0. The zero-order chi connectivity index (χ0) is 15.8. The molecule has 1 aromatic carbocycles. The van der Waals surface area contributed by atoms with Crippen molar-refractivity contribution < 1.29 is 14.7 Å². The van der Waals surface area contributed by atoms with Gasteiger partial charge in [-0.05, 0) is 18.9 Å². The first-order valence-electron chi connectivity index (χ1n) is 7.54. The summed E-state index contributed by atoms with van der Waals surface area (Å²) in [5.41, 5.74) is 1.03. The van der Waals surface area contributed by atoms with Crippen molar-refractivity contribution in [1.82, 2.24) is 4.90 Å². The summed E-state index contributed by atoms with van der Waals surface area (Å²) < 4.78 is 0. The van der Waals surface area contributed by atoms with Gasteiger partial charge in [-0.15, -0.1) is 0 Å². The normalized spacial score (nSPS) is 13.5. The van der Waals surface area contributed by atoms with Gasteiger partial charge in [0.2, 0.25) is 5.91 Å². The van der Waals surface area contributed by atoms with Gasteiger partial charge in [-0.25, -0.2) is 0 Å². The van der Waals surface area contributed by atoms with Crippen LogP contribution in [0.3, 0.4) is 0 Å². The third-order valence-electron chi connectivity index (χ3n) is 3.71. The second kappa shape index (κ2) is 8.45. The van der Waals surface area contributed by atoms with Gasteiger partial charge >= 0.3 is 5.97 Å². The predicted octanol–water partition coefficient (Wildman–Crippen LogP) is 3.49. The molecule has 0 fully saturated rings. The Morgan fingerprint density at radius 1 is 1.19 bits per heavy atom. The highest BCUT2D eigenvalue weighted by molar-refractivity contribution is 5.78. The van der Waals surface area contributed by atoms with Crippen molar-refractivity contribution in [3.05, 3.63) is 35.9 Å². The molecule has 0 saturated carbocycles. The van der Waals surface area contributed by atoms with Crippen LogP contribution in [0.25, 0.3) is 0 Å². The van der Waals surface area contributed by atoms with Gasteiger partial charge in [-0.2, -0.15) is 0 Å². The standard InChI is InChI=1S/C17H25NO3/c1-4-5-11-16(19)18(12-13(2)17(20)21)14(3)15-9-7-6-8-10-15/h6-10,13-14H,4-5,11-12H2,1-3H3,(H,20,21). The second-order valence-electron chi connectivity index (χ2n) is 5.48. The quantitative estimate of drug-likeness (QED) is 0.797. The number of carboxylic acids is 1. The molecule has 1 rings (SSSR count). The number of hydrogen-bond acceptors (Lipinski definition) is 2. The zero-order valence-corrected chi connectivity index (χ0v) is 13.1. The number of nitrogens with zero attached hydrogens (tertiary/aromatic N) is 1. The van der Waals surface area contributed by atoms with Crippen molar-refractivity contribution in [2.45, 2.75) is 46.1 Å². The average molecular weight is 291 g/mol. The van der Waals surface area contributed by atoms with E-state index in [4.69, 9.17) is 5.11 Å². The van der Waals surface area contributed by atoms with Crippen LogP contribution < -0.4 is 0 Å². The van der Waals surface area contributed by atoms with Crippen LogP contribution in [-0.4, -0.2) is 28.4 Å². The van der Waals surface area contributed by atoms with E-state index in [1.807, 2.05) is 44.2 Å². The highest BCUT2D eigenvalue weighted by atomic mass is 16.4. The van der Waals surface area contributed by atoms with E-state index in [1.165, 1.54) is 0 Å². The highest BCUT2D eigenvalue weighted by Gasteiger charge is 2.25. The predicted molar refractivity (Wildman–Crippen MR) is 82.9 cm³/mol. The first-order valence-corrected chi connectivity index (χ1v) is 7.54. The van der Waals surface area contributed by atoms with E-state index >= 15 is 0 Å². The van der Waals surface area contributed by atoms with E-state index in [0.717, 1.165) is 18.4 Å². The van der Waals surface area contributed by atoms with Gasteiger partial charge < -0.3 is 10.0 Å². The monoisotopic (exact) mass is 291 g/mol. The fraction of sp³-hybridized carbons (Fsp3) is 0.529. The van der Waals surface area contributed by atoms with Crippen LogP contribution in [0, 0.1) is 5.92 Å². The molecular weight excluding hydrogens is 266 g/mol. The Hall–Kier alpha value is -1.84. The Morgan fingerprint density at radius 2 is 1.81 bits per heavy atom. The molecule has 0 aliphatic heterocycles. The Morgan fingerprint density at radius 3 is 2.33 bits per heavy atom. The maximum atomic E-state index is 12.4. The molecule has 0 saturated heterocycles. The van der Waals surface area contributed by atoms with Gasteiger partial charge in [-0.1, -0.05) is 50.6 Å². The summed E-state index contributed by atoms with van der Waals surface area (Å²) in [7, 11) is 0. The summed E-state index contributed by atoms with van der Waals surface area (Å²) in [5, 5.41) is 9.10. The lowest BCUT2D eigenvalue weighted by molar-refractivity contribution is -0.143. The van der Waals surface area contributed by atoms with Crippen molar-refractivity contribution in [2.24, 2.45) is 5.92 Å². The summed E-state index contributed by atoms with van der Waals surface area (Å²) in [6.07, 6.45) is 2.26. The lowest BCUT2D eigenvalue weighted by Crippen LogP contribution is -2.38. The topological polar surface area (TPSA) is 57.6 Å². The number of aliphatic carboxylic acids is 1. The minimum Gasteiger partial charge on any atom is -0.481 e. The van der Waals surface area contributed by atoms with Crippen LogP contribution in [0.5, 0.6) is 0 Å². The second-order valence-corrected chi connectivity index (χ2v) is 5.48. The SMILES string of the molecule is CCCCC(=O)N(CC(C)C(=O)O)C(C)c1ccccc1. The number of carbonyl (C=O) groups excluding carboxylic acids is 1. The number of carbonyl (C=O) groups is 2. The van der Waals surface area contributed by atoms with Crippen LogP contribution in [0.15, 0.2) is 30.3 Å². The smallest absolute Gasteiger partial charge is 0.308 e. The number of hydrogen-bond donors (Lipinski definition) is 1. The largest absolute Gasteiger partial charge is 0.481 e. The lowest BCUT2D eigenvalue weighted by Gasteiger charge is -2.31. The summed E-state index contributed by atoms with van der Waals surface area (Å²) in [5.74, 6) is -1.41. The summed E-state index contributed by atoms with van der Waals surface area (Å²) in [4.78, 5) is 25.2. The maximum absolute atomic E-state index is 12.4. The third kappa shape index (κ3) is 5.21. The molecule has 1 N–H and O–H groups in total. The van der Waals surface area contributed by atoms with E-state index in [1.54, 1.807) is 11.8 Å². The Labute approximate surface area is 126 Å². The van der Waals surface area contributed by atoms with Gasteiger partial charge in [-0.3, -0.25) is 9.59 Å². The highest BCUT2D eigenvalue weighted by Crippen LogP contribution is 2.22. The van der Waals surface area contributed by atoms with E-state index in [2.05, 4.69) is 0 Å². The fourth-order valence-electron chi connectivity index (χ4n) is 2.23. The number of rotatable bonds is 8. The van der Waals surface area contributed by atoms with Gasteiger partial charge in [0.25, 0.3) is 0 Å². The van der Waals surface area contributed by atoms with Gasteiger partial charge in [0.05, 0.1) is 12.0 Å². The van der Waals surface area contributed by atoms with Crippen LogP contribution in [-0.2, 0) is 9.59 Å². The van der Waals surface area contributed by atoms with Gasteiger partial charge in [0, 0.05) is 13.0 Å². The number of amides is 1. The van der Waals surface area contributed by atoms with E-state index in [0.29, 0.717) is 6.42 Å². The molecule has 1 amide bonds. The first kappa shape index (κ1) is 17.2. The van der Waals surface area contributed by atoms with Crippen LogP contribution in [0.1, 0.15) is 51.6 Å². The molecule has 2 unspecified atom stereocenters. The molecule has 116 valence electrons. The van der Waals surface area contributed by atoms with Gasteiger partial charge in [0.15, 0.2) is 0 Å². The molecule has 0 aliphatic rings. The molecule has 21 heavy (non-hydrogen) atoms. The molecule has 0 radical (unpaired) electrons. The molecule has 0 aliphatic carbocycles. The number of carboxylic acid groups (broad SMARTS) is 1. The molecule has 4 nitrogen and oxygen atoms in total. The first-order chi connectivity index (χ1) is 9.97. The zero-order valence-electron chi connectivity index (χ0n) is 13.1. The van der Waals surface area contributed by atoms with Crippen molar-refractivity contribution in [2.75, 3.05) is 6.54 Å². The fourth-order valence-corrected chi connectivity index (χ4v) is 2.23. The minimum atomic E-state index is -0.872. The van der Waals surface area contributed by atoms with Crippen molar-refractivity contribution >= 4 is 11.9 Å². The molecule has 0 aromatic heterocycles. The Kier molecular flexibility index (Phi) is 6.92. The number of benzene rings is 1. The molecule has 2 atom stereocenters. The molecule has 0 spiro atoms. The maximum Gasteiger partial charge on any atom is 0.308 e. The van der Waals surface area contributed by atoms with Crippen LogP contribution in [0.2, 0.25) is 0 Å². The van der Waals surface area contributed by atoms with E-state index in [9.17, 15) is 9.59 Å². The molecule has 1 aromatic rings. The molecular formula is C17H25NO3. The molecule has 0 bridgehead atoms. The van der Waals surface area contributed by atoms with E-state index < -0.39 is 11.9 Å². The number of unbranched alkanes of at least 4 members (excludes halogenated alkanes) is 1. The van der Waals surface area contributed by atoms with Crippen molar-refractivity contribution in [1.29, 1.82) is 0 Å². The summed E-state index contributed by atoms with van der Waals surface area (Å²) >= 11 is 0. The molecule has 4 heteroatoms. The third-order valence-corrected chi connectivity index (χ3v) is 3.71. The Balaban J connectivity index is 2.89. The van der Waals surface area contributed by atoms with Crippen molar-refractivity contribution in [3.8, 4) is 0 Å². The Bertz CT molecular complexity index is 458. The summed E-state index contributed by atoms with van der Waals surface area (Å²) in [6.45, 7) is 5.87. The van der Waals surface area contributed by atoms with Gasteiger partial charge in [0.1, 0.15) is 0 Å².